The molecular weight excluding hydrogens is 786 g/mol. The van der Waals surface area contributed by atoms with Crippen LogP contribution in [0.3, 0.4) is 0 Å². The summed E-state index contributed by atoms with van der Waals surface area (Å²) in [5.74, 6) is -0.709. The Bertz CT molecular complexity index is 2610. The SMILES string of the molecule is CC(C)c1cccc(C(C)C)c1NC1c2cccc3cccc(c23)C1Nc1c(C(c2ccccc2)c2ccccc2)cc(OC(F)(F)F)cc1C(c1ccccc1)c1ccccc1. The number of benzene rings is 8. The Hall–Kier alpha value is -6.79. The smallest absolute Gasteiger partial charge is 0.406 e. The van der Waals surface area contributed by atoms with Crippen molar-refractivity contribution in [3.8, 4) is 5.75 Å². The molecule has 0 saturated heterocycles. The summed E-state index contributed by atoms with van der Waals surface area (Å²) in [6, 6.07) is 62.3. The highest BCUT2D eigenvalue weighted by molar-refractivity contribution is 5.93. The molecule has 8 aromatic carbocycles. The van der Waals surface area contributed by atoms with Crippen LogP contribution in [0.15, 0.2) is 188 Å². The van der Waals surface area contributed by atoms with Crippen molar-refractivity contribution in [3.05, 3.63) is 244 Å². The van der Waals surface area contributed by atoms with E-state index in [1.165, 1.54) is 22.1 Å². The summed E-state index contributed by atoms with van der Waals surface area (Å²) < 4.78 is 48.8. The summed E-state index contributed by atoms with van der Waals surface area (Å²) in [6.45, 7) is 8.92. The highest BCUT2D eigenvalue weighted by Crippen LogP contribution is 2.52. The zero-order valence-electron chi connectivity index (χ0n) is 35.9. The number of ether oxygens (including phenoxy) is 1. The van der Waals surface area contributed by atoms with Gasteiger partial charge in [-0.1, -0.05) is 204 Å². The Kier molecular flexibility index (Phi) is 11.6. The normalized spacial score (nSPS) is 14.8. The number of anilines is 2. The van der Waals surface area contributed by atoms with Crippen molar-refractivity contribution in [1.29, 1.82) is 0 Å². The van der Waals surface area contributed by atoms with Gasteiger partial charge >= 0.3 is 6.36 Å². The van der Waals surface area contributed by atoms with Crippen molar-refractivity contribution in [3.63, 3.8) is 0 Å². The topological polar surface area (TPSA) is 33.3 Å². The van der Waals surface area contributed by atoms with E-state index < -0.39 is 18.2 Å². The number of hydrogen-bond donors (Lipinski definition) is 2. The molecule has 2 unspecified atom stereocenters. The standard InChI is InChI=1S/C57H51F3N2O/c1-36(2)44-30-19-31-45(37(3)4)53(44)61-55-46-32-17-28-42-29-18-33-47(52(42)46)56(55)62-54-48(50(38-20-9-5-10-21-38)39-22-11-6-12-23-39)34-43(63-57(58,59)60)35-49(54)51(40-24-13-7-14-25-40)41-26-15-8-16-27-41/h5-37,50-51,55-56,61-62H,1-4H3. The van der Waals surface area contributed by atoms with Crippen molar-refractivity contribution in [1.82, 2.24) is 0 Å². The van der Waals surface area contributed by atoms with Crippen LogP contribution in [-0.2, 0) is 0 Å². The van der Waals surface area contributed by atoms with E-state index in [4.69, 9.17) is 4.74 Å². The molecule has 63 heavy (non-hydrogen) atoms. The van der Waals surface area contributed by atoms with E-state index >= 15 is 0 Å². The molecule has 3 nitrogen and oxygen atoms in total. The Labute approximate surface area is 368 Å². The Morgan fingerprint density at radius 3 is 1.13 bits per heavy atom. The van der Waals surface area contributed by atoms with Gasteiger partial charge in [-0.25, -0.2) is 0 Å². The lowest BCUT2D eigenvalue weighted by Gasteiger charge is -2.34. The lowest BCUT2D eigenvalue weighted by Crippen LogP contribution is -2.25. The molecule has 0 heterocycles. The minimum absolute atomic E-state index is 0.255. The first-order chi connectivity index (χ1) is 30.6. The van der Waals surface area contributed by atoms with Gasteiger partial charge < -0.3 is 15.4 Å². The molecule has 0 bridgehead atoms. The minimum atomic E-state index is -4.93. The lowest BCUT2D eigenvalue weighted by atomic mass is 9.78. The van der Waals surface area contributed by atoms with E-state index in [1.807, 2.05) is 72.8 Å². The quantitative estimate of drug-likeness (QED) is 0.114. The van der Waals surface area contributed by atoms with Crippen LogP contribution in [0.4, 0.5) is 24.5 Å². The van der Waals surface area contributed by atoms with Crippen LogP contribution in [-0.4, -0.2) is 6.36 Å². The third-order valence-corrected chi connectivity index (χ3v) is 12.5. The molecule has 0 amide bonds. The zero-order valence-corrected chi connectivity index (χ0v) is 35.9. The van der Waals surface area contributed by atoms with Gasteiger partial charge in [0, 0.05) is 23.2 Å². The molecule has 2 atom stereocenters. The van der Waals surface area contributed by atoms with Crippen LogP contribution in [0.2, 0.25) is 0 Å². The first-order valence-electron chi connectivity index (χ1n) is 21.9. The monoisotopic (exact) mass is 836 g/mol. The molecule has 0 spiro atoms. The molecule has 0 fully saturated rings. The number of alkyl halides is 3. The second-order valence-corrected chi connectivity index (χ2v) is 17.2. The lowest BCUT2D eigenvalue weighted by molar-refractivity contribution is -0.274. The summed E-state index contributed by atoms with van der Waals surface area (Å²) in [4.78, 5) is 0. The molecule has 9 rings (SSSR count). The highest BCUT2D eigenvalue weighted by atomic mass is 19.4. The predicted molar refractivity (Wildman–Crippen MR) is 252 cm³/mol. The largest absolute Gasteiger partial charge is 0.573 e. The fourth-order valence-electron chi connectivity index (χ4n) is 9.79. The van der Waals surface area contributed by atoms with E-state index in [-0.39, 0.29) is 29.7 Å². The fourth-order valence-corrected chi connectivity index (χ4v) is 9.79. The van der Waals surface area contributed by atoms with E-state index in [0.29, 0.717) is 11.1 Å². The Balaban J connectivity index is 1.36. The van der Waals surface area contributed by atoms with Crippen LogP contribution < -0.4 is 15.4 Å². The van der Waals surface area contributed by atoms with Gasteiger partial charge in [0.25, 0.3) is 0 Å². The number of halogens is 3. The zero-order chi connectivity index (χ0) is 43.7. The summed E-state index contributed by atoms with van der Waals surface area (Å²) in [5, 5.41) is 10.6. The van der Waals surface area contributed by atoms with Gasteiger partial charge in [0.15, 0.2) is 0 Å². The van der Waals surface area contributed by atoms with Crippen molar-refractivity contribution in [2.45, 2.75) is 69.8 Å². The number of rotatable bonds is 13. The second kappa shape index (κ2) is 17.5. The average molecular weight is 837 g/mol. The molecule has 316 valence electrons. The van der Waals surface area contributed by atoms with Crippen LogP contribution in [0.5, 0.6) is 5.75 Å². The molecular formula is C57H51F3N2O. The van der Waals surface area contributed by atoms with Gasteiger partial charge in [0.1, 0.15) is 5.75 Å². The molecule has 0 aliphatic heterocycles. The summed E-state index contributed by atoms with van der Waals surface area (Å²) in [5.41, 5.74) is 11.7. The van der Waals surface area contributed by atoms with Gasteiger partial charge in [0.2, 0.25) is 0 Å². The third kappa shape index (κ3) is 8.43. The maximum absolute atomic E-state index is 14.6. The van der Waals surface area contributed by atoms with Gasteiger partial charge in [-0.3, -0.25) is 0 Å². The van der Waals surface area contributed by atoms with Crippen molar-refractivity contribution in [2.75, 3.05) is 10.6 Å². The van der Waals surface area contributed by atoms with Crippen LogP contribution >= 0.6 is 0 Å². The predicted octanol–water partition coefficient (Wildman–Crippen LogP) is 15.7. The maximum atomic E-state index is 14.6. The van der Waals surface area contributed by atoms with E-state index in [1.54, 1.807) is 12.1 Å². The summed E-state index contributed by atoms with van der Waals surface area (Å²) in [6.07, 6.45) is -4.93. The molecule has 8 aromatic rings. The Morgan fingerprint density at radius 2 is 0.778 bits per heavy atom. The first kappa shape index (κ1) is 41.6. The van der Waals surface area contributed by atoms with E-state index in [0.717, 1.165) is 44.6 Å². The minimum Gasteiger partial charge on any atom is -0.406 e. The molecule has 0 saturated carbocycles. The fraction of sp³-hybridized carbons (Fsp3) is 0.193. The van der Waals surface area contributed by atoms with Gasteiger partial charge in [-0.05, 0) is 90.4 Å². The molecule has 6 heteroatoms. The molecule has 0 aromatic heterocycles. The maximum Gasteiger partial charge on any atom is 0.573 e. The van der Waals surface area contributed by atoms with Gasteiger partial charge in [-0.2, -0.15) is 0 Å². The molecule has 2 N–H and O–H groups in total. The van der Waals surface area contributed by atoms with Gasteiger partial charge in [-0.15, -0.1) is 13.2 Å². The van der Waals surface area contributed by atoms with Crippen LogP contribution in [0.1, 0.15) is 119 Å². The first-order valence-corrected chi connectivity index (χ1v) is 21.9. The van der Waals surface area contributed by atoms with Crippen LogP contribution in [0, 0.1) is 0 Å². The average Bonchev–Trinajstić information content (AvgIpc) is 3.58. The molecule has 1 aliphatic rings. The Morgan fingerprint density at radius 1 is 0.429 bits per heavy atom. The van der Waals surface area contributed by atoms with E-state index in [9.17, 15) is 13.2 Å². The summed E-state index contributed by atoms with van der Waals surface area (Å²) >= 11 is 0. The van der Waals surface area contributed by atoms with Crippen molar-refractivity contribution in [2.24, 2.45) is 0 Å². The third-order valence-electron chi connectivity index (χ3n) is 12.5. The highest BCUT2D eigenvalue weighted by Gasteiger charge is 2.39. The number of hydrogen-bond acceptors (Lipinski definition) is 3. The molecule has 1 aliphatic carbocycles. The number of para-hydroxylation sites is 1. The van der Waals surface area contributed by atoms with Gasteiger partial charge in [0.05, 0.1) is 12.1 Å². The second-order valence-electron chi connectivity index (χ2n) is 17.2. The number of nitrogens with one attached hydrogen (secondary N) is 2. The van der Waals surface area contributed by atoms with Crippen molar-refractivity contribution >= 4 is 22.1 Å². The van der Waals surface area contributed by atoms with Crippen LogP contribution in [0.25, 0.3) is 10.8 Å². The summed E-state index contributed by atoms with van der Waals surface area (Å²) in [7, 11) is 0. The van der Waals surface area contributed by atoms with E-state index in [2.05, 4.69) is 141 Å². The molecule has 0 radical (unpaired) electrons. The van der Waals surface area contributed by atoms with Crippen molar-refractivity contribution < 1.29 is 17.9 Å².